The van der Waals surface area contributed by atoms with Crippen molar-refractivity contribution in [3.05, 3.63) is 11.7 Å². The van der Waals surface area contributed by atoms with Crippen molar-refractivity contribution in [1.82, 2.24) is 15.5 Å². The fourth-order valence-corrected chi connectivity index (χ4v) is 1.42. The van der Waals surface area contributed by atoms with E-state index >= 15 is 0 Å². The standard InChI is InChI=1S/C11H21N3O2/c1-5-9(15-4)11-13-10(16-14-11)6-7-12-8(2)3/h8-9,12H,5-7H2,1-4H3. The minimum Gasteiger partial charge on any atom is -0.373 e. The number of methoxy groups -OCH3 is 1. The van der Waals surface area contributed by atoms with Gasteiger partial charge in [-0.2, -0.15) is 4.98 Å². The summed E-state index contributed by atoms with van der Waals surface area (Å²) in [5, 5.41) is 7.22. The van der Waals surface area contributed by atoms with Gasteiger partial charge in [-0.15, -0.1) is 0 Å². The number of aromatic nitrogens is 2. The summed E-state index contributed by atoms with van der Waals surface area (Å²) < 4.78 is 10.4. The monoisotopic (exact) mass is 227 g/mol. The second-order valence-electron chi connectivity index (χ2n) is 4.04. The number of ether oxygens (including phenoxy) is 1. The van der Waals surface area contributed by atoms with Crippen molar-refractivity contribution in [3.8, 4) is 0 Å². The predicted octanol–water partition coefficient (Wildman–Crippen LogP) is 1.71. The molecule has 1 heterocycles. The molecule has 16 heavy (non-hydrogen) atoms. The van der Waals surface area contributed by atoms with Crippen LogP contribution in [0.3, 0.4) is 0 Å². The second kappa shape index (κ2) is 6.60. The maximum absolute atomic E-state index is 5.24. The van der Waals surface area contributed by atoms with Crippen LogP contribution in [0.5, 0.6) is 0 Å². The highest BCUT2D eigenvalue weighted by molar-refractivity contribution is 4.91. The van der Waals surface area contributed by atoms with E-state index in [1.165, 1.54) is 0 Å². The van der Waals surface area contributed by atoms with E-state index in [0.29, 0.717) is 17.8 Å². The van der Waals surface area contributed by atoms with Crippen LogP contribution in [0.15, 0.2) is 4.52 Å². The van der Waals surface area contributed by atoms with Gasteiger partial charge >= 0.3 is 0 Å². The first-order valence-corrected chi connectivity index (χ1v) is 5.76. The van der Waals surface area contributed by atoms with Gasteiger partial charge < -0.3 is 14.6 Å². The molecule has 0 aliphatic heterocycles. The van der Waals surface area contributed by atoms with E-state index in [1.807, 2.05) is 6.92 Å². The summed E-state index contributed by atoms with van der Waals surface area (Å²) in [6.07, 6.45) is 1.54. The van der Waals surface area contributed by atoms with E-state index in [-0.39, 0.29) is 6.10 Å². The molecule has 0 amide bonds. The Bertz CT molecular complexity index is 295. The predicted molar refractivity (Wildman–Crippen MR) is 61.2 cm³/mol. The Morgan fingerprint density at radius 1 is 1.44 bits per heavy atom. The van der Waals surface area contributed by atoms with Crippen LogP contribution in [0.1, 0.15) is 45.0 Å². The van der Waals surface area contributed by atoms with Crippen LogP contribution < -0.4 is 5.32 Å². The Morgan fingerprint density at radius 3 is 2.75 bits per heavy atom. The van der Waals surface area contributed by atoms with Crippen LogP contribution in [0.25, 0.3) is 0 Å². The first kappa shape index (κ1) is 13.1. The molecule has 1 N–H and O–H groups in total. The first-order valence-electron chi connectivity index (χ1n) is 5.76. The van der Waals surface area contributed by atoms with E-state index in [0.717, 1.165) is 19.4 Å². The van der Waals surface area contributed by atoms with Crippen molar-refractivity contribution >= 4 is 0 Å². The van der Waals surface area contributed by atoms with E-state index in [1.54, 1.807) is 7.11 Å². The summed E-state index contributed by atoms with van der Waals surface area (Å²) in [6.45, 7) is 7.10. The zero-order chi connectivity index (χ0) is 12.0. The number of nitrogens with one attached hydrogen (secondary N) is 1. The largest absolute Gasteiger partial charge is 0.373 e. The molecule has 5 heteroatoms. The normalized spacial score (nSPS) is 13.3. The van der Waals surface area contributed by atoms with Gasteiger partial charge in [0.1, 0.15) is 6.10 Å². The molecule has 0 fully saturated rings. The van der Waals surface area contributed by atoms with Crippen LogP contribution in [0.2, 0.25) is 0 Å². The molecule has 1 aromatic heterocycles. The molecule has 0 bridgehead atoms. The van der Waals surface area contributed by atoms with Gasteiger partial charge in [0, 0.05) is 26.1 Å². The summed E-state index contributed by atoms with van der Waals surface area (Å²) in [5.41, 5.74) is 0. The van der Waals surface area contributed by atoms with E-state index < -0.39 is 0 Å². The topological polar surface area (TPSA) is 60.2 Å². The van der Waals surface area contributed by atoms with Gasteiger partial charge in [-0.1, -0.05) is 25.9 Å². The van der Waals surface area contributed by atoms with Crippen molar-refractivity contribution in [2.75, 3.05) is 13.7 Å². The number of rotatable bonds is 7. The summed E-state index contributed by atoms with van der Waals surface area (Å²) >= 11 is 0. The fourth-order valence-electron chi connectivity index (χ4n) is 1.42. The van der Waals surface area contributed by atoms with Crippen LogP contribution in [0.4, 0.5) is 0 Å². The van der Waals surface area contributed by atoms with Crippen molar-refractivity contribution in [3.63, 3.8) is 0 Å². The molecule has 0 aliphatic carbocycles. The Kier molecular flexibility index (Phi) is 5.42. The van der Waals surface area contributed by atoms with E-state index in [4.69, 9.17) is 9.26 Å². The number of hydrogen-bond donors (Lipinski definition) is 1. The smallest absolute Gasteiger partial charge is 0.228 e. The van der Waals surface area contributed by atoms with Crippen molar-refractivity contribution in [2.24, 2.45) is 0 Å². The van der Waals surface area contributed by atoms with E-state index in [9.17, 15) is 0 Å². The molecule has 1 rings (SSSR count). The van der Waals surface area contributed by atoms with Gasteiger partial charge in [-0.25, -0.2) is 0 Å². The van der Waals surface area contributed by atoms with Gasteiger partial charge in [-0.05, 0) is 6.42 Å². The van der Waals surface area contributed by atoms with Gasteiger partial charge in [0.25, 0.3) is 0 Å². The Labute approximate surface area is 96.6 Å². The summed E-state index contributed by atoms with van der Waals surface area (Å²) in [7, 11) is 1.66. The molecule has 0 radical (unpaired) electrons. The van der Waals surface area contributed by atoms with Gasteiger partial charge in [0.2, 0.25) is 11.7 Å². The lowest BCUT2D eigenvalue weighted by molar-refractivity contribution is 0.0903. The molecule has 0 aliphatic rings. The minimum atomic E-state index is -0.0597. The molecule has 0 spiro atoms. The van der Waals surface area contributed by atoms with Crippen molar-refractivity contribution < 1.29 is 9.26 Å². The second-order valence-corrected chi connectivity index (χ2v) is 4.04. The third-order valence-corrected chi connectivity index (χ3v) is 2.32. The lowest BCUT2D eigenvalue weighted by atomic mass is 10.2. The average Bonchev–Trinajstić information content (AvgIpc) is 2.68. The Balaban J connectivity index is 2.44. The zero-order valence-electron chi connectivity index (χ0n) is 10.5. The molecule has 0 saturated heterocycles. The average molecular weight is 227 g/mol. The molecular weight excluding hydrogens is 206 g/mol. The first-order chi connectivity index (χ1) is 7.67. The maximum Gasteiger partial charge on any atom is 0.228 e. The van der Waals surface area contributed by atoms with Gasteiger partial charge in [0.15, 0.2) is 0 Å². The highest BCUT2D eigenvalue weighted by Crippen LogP contribution is 2.16. The lowest BCUT2D eigenvalue weighted by Crippen LogP contribution is -2.25. The zero-order valence-corrected chi connectivity index (χ0v) is 10.5. The fraction of sp³-hybridized carbons (Fsp3) is 0.818. The van der Waals surface area contributed by atoms with Crippen LogP contribution in [-0.4, -0.2) is 29.8 Å². The highest BCUT2D eigenvalue weighted by Gasteiger charge is 2.15. The summed E-state index contributed by atoms with van der Waals surface area (Å²) in [4.78, 5) is 4.31. The number of nitrogens with zero attached hydrogens (tertiary/aromatic N) is 2. The molecule has 1 atom stereocenters. The van der Waals surface area contributed by atoms with Crippen molar-refractivity contribution in [1.29, 1.82) is 0 Å². The molecule has 0 aromatic carbocycles. The number of hydrogen-bond acceptors (Lipinski definition) is 5. The Hall–Kier alpha value is -0.940. The lowest BCUT2D eigenvalue weighted by Gasteiger charge is -2.06. The molecule has 92 valence electrons. The van der Waals surface area contributed by atoms with E-state index in [2.05, 4.69) is 29.3 Å². The third-order valence-electron chi connectivity index (χ3n) is 2.32. The molecule has 1 aromatic rings. The minimum absolute atomic E-state index is 0.0597. The summed E-state index contributed by atoms with van der Waals surface area (Å²) in [5.74, 6) is 1.31. The SMILES string of the molecule is CCC(OC)c1noc(CCNC(C)C)n1. The molecule has 5 nitrogen and oxygen atoms in total. The van der Waals surface area contributed by atoms with Gasteiger partial charge in [-0.3, -0.25) is 0 Å². The van der Waals surface area contributed by atoms with Crippen LogP contribution in [0, 0.1) is 0 Å². The quantitative estimate of drug-likeness (QED) is 0.768. The molecule has 0 saturated carbocycles. The van der Waals surface area contributed by atoms with Gasteiger partial charge in [0.05, 0.1) is 0 Å². The molecule has 1 unspecified atom stereocenters. The van der Waals surface area contributed by atoms with Crippen LogP contribution >= 0.6 is 0 Å². The summed E-state index contributed by atoms with van der Waals surface area (Å²) in [6, 6.07) is 0.477. The van der Waals surface area contributed by atoms with Crippen LogP contribution in [-0.2, 0) is 11.2 Å². The Morgan fingerprint density at radius 2 is 2.19 bits per heavy atom. The highest BCUT2D eigenvalue weighted by atomic mass is 16.5. The third kappa shape index (κ3) is 3.90. The maximum atomic E-state index is 5.24. The molecular formula is C11H21N3O2. The van der Waals surface area contributed by atoms with Crippen molar-refractivity contribution in [2.45, 2.75) is 45.8 Å².